The maximum atomic E-state index is 13.3. The number of allylic oxidation sites excluding steroid dienone is 1. The number of carbonyl (C=O) groups excluding carboxylic acids is 2. The van der Waals surface area contributed by atoms with E-state index in [0.29, 0.717) is 30.1 Å². The van der Waals surface area contributed by atoms with E-state index in [1.54, 1.807) is 30.3 Å². The molecular formula is C32H27NO4. The Labute approximate surface area is 215 Å². The topological polar surface area (TPSA) is 64.6 Å². The Bertz CT molecular complexity index is 1550. The van der Waals surface area contributed by atoms with E-state index in [-0.39, 0.29) is 11.8 Å². The third-order valence-electron chi connectivity index (χ3n) is 7.09. The summed E-state index contributed by atoms with van der Waals surface area (Å²) in [5.74, 6) is 0.555. The van der Waals surface area contributed by atoms with Crippen molar-refractivity contribution in [3.63, 3.8) is 0 Å². The van der Waals surface area contributed by atoms with Crippen LogP contribution in [0.5, 0.6) is 11.5 Å². The number of Topliss-reactive ketones (excluding diaryl/α,β-unsaturated/α-hetero) is 1. The highest BCUT2D eigenvalue weighted by atomic mass is 16.6. The Hall–Kier alpha value is -4.38. The van der Waals surface area contributed by atoms with Gasteiger partial charge in [0, 0.05) is 23.2 Å². The van der Waals surface area contributed by atoms with Crippen LogP contribution in [0.1, 0.15) is 53.7 Å². The molecule has 1 heterocycles. The predicted octanol–water partition coefficient (Wildman–Crippen LogP) is 7.13. The molecule has 0 radical (unpaired) electrons. The SMILES string of the molecule is CCOc1cc([C@@H]2Nc3ccc4ccccc4c3C3=C2C(=O)CCC3)ccc1OC(=O)c1ccccc1. The van der Waals surface area contributed by atoms with Crippen LogP contribution in [0.2, 0.25) is 0 Å². The smallest absolute Gasteiger partial charge is 0.343 e. The van der Waals surface area contributed by atoms with E-state index in [0.717, 1.165) is 51.6 Å². The number of ketones is 1. The van der Waals surface area contributed by atoms with Crippen LogP contribution in [-0.2, 0) is 4.79 Å². The number of esters is 1. The second kappa shape index (κ2) is 9.58. The molecule has 1 atom stereocenters. The molecule has 6 rings (SSSR count). The molecule has 2 aliphatic rings. The highest BCUT2D eigenvalue weighted by Gasteiger charge is 2.35. The first-order chi connectivity index (χ1) is 18.1. The van der Waals surface area contributed by atoms with Crippen LogP contribution in [0, 0.1) is 0 Å². The molecule has 1 N–H and O–H groups in total. The molecule has 0 saturated carbocycles. The minimum Gasteiger partial charge on any atom is -0.490 e. The summed E-state index contributed by atoms with van der Waals surface area (Å²) < 4.78 is 11.6. The van der Waals surface area contributed by atoms with Crippen LogP contribution < -0.4 is 14.8 Å². The minimum absolute atomic E-state index is 0.176. The highest BCUT2D eigenvalue weighted by molar-refractivity contribution is 6.12. The summed E-state index contributed by atoms with van der Waals surface area (Å²) in [5.41, 5.74) is 5.47. The van der Waals surface area contributed by atoms with Crippen LogP contribution in [-0.4, -0.2) is 18.4 Å². The van der Waals surface area contributed by atoms with E-state index in [4.69, 9.17) is 9.47 Å². The number of carbonyl (C=O) groups is 2. The van der Waals surface area contributed by atoms with Crippen molar-refractivity contribution in [2.75, 3.05) is 11.9 Å². The van der Waals surface area contributed by atoms with Gasteiger partial charge in [0.25, 0.3) is 0 Å². The monoisotopic (exact) mass is 489 g/mol. The fourth-order valence-corrected chi connectivity index (χ4v) is 5.44. The largest absolute Gasteiger partial charge is 0.490 e. The number of ether oxygens (including phenoxy) is 2. The van der Waals surface area contributed by atoms with Crippen molar-refractivity contribution in [1.29, 1.82) is 0 Å². The van der Waals surface area contributed by atoms with Gasteiger partial charge in [0.2, 0.25) is 0 Å². The summed E-state index contributed by atoms with van der Waals surface area (Å²) in [5, 5.41) is 5.97. The van der Waals surface area contributed by atoms with E-state index < -0.39 is 5.97 Å². The van der Waals surface area contributed by atoms with E-state index in [2.05, 4.69) is 29.6 Å². The van der Waals surface area contributed by atoms with Gasteiger partial charge in [-0.25, -0.2) is 4.79 Å². The molecule has 0 bridgehead atoms. The van der Waals surface area contributed by atoms with Crippen molar-refractivity contribution in [3.05, 3.63) is 107 Å². The molecule has 0 amide bonds. The molecule has 5 nitrogen and oxygen atoms in total. The summed E-state index contributed by atoms with van der Waals surface area (Å²) in [4.78, 5) is 26.0. The lowest BCUT2D eigenvalue weighted by Crippen LogP contribution is -2.27. The van der Waals surface area contributed by atoms with Gasteiger partial charge < -0.3 is 14.8 Å². The van der Waals surface area contributed by atoms with Gasteiger partial charge in [-0.3, -0.25) is 4.79 Å². The lowest BCUT2D eigenvalue weighted by Gasteiger charge is -2.35. The van der Waals surface area contributed by atoms with Gasteiger partial charge in [-0.2, -0.15) is 0 Å². The Morgan fingerprint density at radius 2 is 1.73 bits per heavy atom. The van der Waals surface area contributed by atoms with Crippen molar-refractivity contribution in [1.82, 2.24) is 0 Å². The molecule has 4 aromatic rings. The van der Waals surface area contributed by atoms with Gasteiger partial charge in [-0.15, -0.1) is 0 Å². The molecule has 5 heteroatoms. The molecular weight excluding hydrogens is 462 g/mol. The first kappa shape index (κ1) is 23.0. The Balaban J connectivity index is 1.42. The normalized spacial score (nSPS) is 16.6. The molecule has 4 aromatic carbocycles. The van der Waals surface area contributed by atoms with E-state index >= 15 is 0 Å². The summed E-state index contributed by atoms with van der Waals surface area (Å²) in [6.45, 7) is 2.31. The second-order valence-electron chi connectivity index (χ2n) is 9.35. The van der Waals surface area contributed by atoms with E-state index in [1.807, 2.05) is 37.3 Å². The van der Waals surface area contributed by atoms with E-state index in [9.17, 15) is 9.59 Å². The molecule has 0 spiro atoms. The van der Waals surface area contributed by atoms with Crippen molar-refractivity contribution in [3.8, 4) is 11.5 Å². The van der Waals surface area contributed by atoms with Crippen molar-refractivity contribution >= 4 is 33.8 Å². The maximum Gasteiger partial charge on any atom is 0.343 e. The molecule has 1 aliphatic heterocycles. The first-order valence-corrected chi connectivity index (χ1v) is 12.7. The third-order valence-corrected chi connectivity index (χ3v) is 7.09. The summed E-state index contributed by atoms with van der Waals surface area (Å²) >= 11 is 0. The molecule has 1 aliphatic carbocycles. The number of hydrogen-bond donors (Lipinski definition) is 1. The van der Waals surface area contributed by atoms with Crippen LogP contribution in [0.4, 0.5) is 5.69 Å². The summed E-state index contributed by atoms with van der Waals surface area (Å²) in [7, 11) is 0. The average Bonchev–Trinajstić information content (AvgIpc) is 2.94. The zero-order valence-electron chi connectivity index (χ0n) is 20.6. The molecule has 0 unspecified atom stereocenters. The van der Waals surface area contributed by atoms with Gasteiger partial charge in [0.15, 0.2) is 17.3 Å². The Kier molecular flexibility index (Phi) is 5.97. The van der Waals surface area contributed by atoms with Crippen molar-refractivity contribution < 1.29 is 19.1 Å². The average molecular weight is 490 g/mol. The highest BCUT2D eigenvalue weighted by Crippen LogP contribution is 2.48. The predicted molar refractivity (Wildman–Crippen MR) is 145 cm³/mol. The maximum absolute atomic E-state index is 13.3. The van der Waals surface area contributed by atoms with Crippen LogP contribution in [0.15, 0.2) is 90.5 Å². The fraction of sp³-hybridized carbons (Fsp3) is 0.188. The molecule has 0 saturated heterocycles. The van der Waals surface area contributed by atoms with Gasteiger partial charge in [0.1, 0.15) is 0 Å². The standard InChI is InChI=1S/C32H27NO4/c1-2-36-28-19-22(16-18-27(28)37-32(35)21-10-4-3-5-11-21)31-30-24(13-8-14-26(30)34)29-23-12-7-6-9-20(23)15-17-25(29)33-31/h3-7,9-12,15-19,31,33H,2,8,13-14H2,1H3/t31-/m0/s1. The van der Waals surface area contributed by atoms with Crippen molar-refractivity contribution in [2.45, 2.75) is 32.2 Å². The van der Waals surface area contributed by atoms with Crippen LogP contribution in [0.25, 0.3) is 16.3 Å². The van der Waals surface area contributed by atoms with Gasteiger partial charge in [-0.05, 0) is 72.0 Å². The number of fused-ring (bicyclic) bond motifs is 4. The Morgan fingerprint density at radius 3 is 2.57 bits per heavy atom. The van der Waals surface area contributed by atoms with Gasteiger partial charge in [-0.1, -0.05) is 54.6 Å². The number of rotatable bonds is 5. The lowest BCUT2D eigenvalue weighted by molar-refractivity contribution is -0.116. The first-order valence-electron chi connectivity index (χ1n) is 12.7. The van der Waals surface area contributed by atoms with Crippen LogP contribution >= 0.6 is 0 Å². The number of nitrogens with one attached hydrogen (secondary N) is 1. The number of anilines is 1. The zero-order chi connectivity index (χ0) is 25.4. The Morgan fingerprint density at radius 1 is 0.919 bits per heavy atom. The fourth-order valence-electron chi connectivity index (χ4n) is 5.44. The zero-order valence-corrected chi connectivity index (χ0v) is 20.6. The van der Waals surface area contributed by atoms with Gasteiger partial charge in [0.05, 0.1) is 18.2 Å². The molecule has 0 aromatic heterocycles. The molecule has 184 valence electrons. The quantitative estimate of drug-likeness (QED) is 0.239. The third kappa shape index (κ3) is 4.16. The molecule has 37 heavy (non-hydrogen) atoms. The number of benzene rings is 4. The van der Waals surface area contributed by atoms with Crippen molar-refractivity contribution in [2.24, 2.45) is 0 Å². The van der Waals surface area contributed by atoms with E-state index in [1.165, 1.54) is 0 Å². The summed E-state index contributed by atoms with van der Waals surface area (Å²) in [6.07, 6.45) is 2.26. The van der Waals surface area contributed by atoms with Crippen LogP contribution in [0.3, 0.4) is 0 Å². The minimum atomic E-state index is -0.446. The number of hydrogen-bond acceptors (Lipinski definition) is 5. The molecule has 0 fully saturated rings. The second-order valence-corrected chi connectivity index (χ2v) is 9.35. The van der Waals surface area contributed by atoms with Gasteiger partial charge >= 0.3 is 5.97 Å². The lowest BCUT2D eigenvalue weighted by atomic mass is 9.77. The summed E-state index contributed by atoms with van der Waals surface area (Å²) in [6, 6.07) is 26.7.